The normalized spacial score (nSPS) is 23.9. The summed E-state index contributed by atoms with van der Waals surface area (Å²) in [6, 6.07) is 3.55. The van der Waals surface area contributed by atoms with Gasteiger partial charge >= 0.3 is 5.97 Å². The maximum Gasteiger partial charge on any atom is 0.307 e. The van der Waals surface area contributed by atoms with Crippen molar-refractivity contribution >= 4 is 11.9 Å². The summed E-state index contributed by atoms with van der Waals surface area (Å²) in [5.41, 5.74) is 0.920. The zero-order valence-electron chi connectivity index (χ0n) is 11.6. The van der Waals surface area contributed by atoms with Crippen molar-refractivity contribution in [3.05, 3.63) is 30.1 Å². The Labute approximate surface area is 118 Å². The lowest BCUT2D eigenvalue weighted by molar-refractivity contribution is -0.149. The highest BCUT2D eigenvalue weighted by Gasteiger charge is 2.36. The standard InChI is InChI=1S/C15H20N2O3/c1-10(11-5-4-8-16-9-11)17-14(18)12-6-2-3-7-13(12)15(19)20/h4-5,8-10,12-13H,2-3,6-7H2,1H3,(H,17,18)(H,19,20)/t10-,12?,13?/m0/s1. The zero-order chi connectivity index (χ0) is 14.5. The average Bonchev–Trinajstić information content (AvgIpc) is 2.48. The van der Waals surface area contributed by atoms with Crippen LogP contribution in [0.1, 0.15) is 44.2 Å². The Hall–Kier alpha value is -1.91. The quantitative estimate of drug-likeness (QED) is 0.883. The predicted octanol–water partition coefficient (Wildman–Crippen LogP) is 2.15. The summed E-state index contributed by atoms with van der Waals surface area (Å²) in [4.78, 5) is 27.6. The van der Waals surface area contributed by atoms with Crippen molar-refractivity contribution in [1.82, 2.24) is 10.3 Å². The summed E-state index contributed by atoms with van der Waals surface area (Å²) >= 11 is 0. The van der Waals surface area contributed by atoms with Crippen LogP contribution in [-0.4, -0.2) is 22.0 Å². The monoisotopic (exact) mass is 276 g/mol. The van der Waals surface area contributed by atoms with Gasteiger partial charge in [-0.3, -0.25) is 14.6 Å². The van der Waals surface area contributed by atoms with Gasteiger partial charge in [-0.2, -0.15) is 0 Å². The molecule has 5 nitrogen and oxygen atoms in total. The Morgan fingerprint density at radius 2 is 2.05 bits per heavy atom. The smallest absolute Gasteiger partial charge is 0.307 e. The molecule has 5 heteroatoms. The number of carbonyl (C=O) groups is 2. The van der Waals surface area contributed by atoms with E-state index in [1.54, 1.807) is 12.4 Å². The number of carboxylic acids is 1. The molecule has 2 rings (SSSR count). The topological polar surface area (TPSA) is 79.3 Å². The molecule has 2 unspecified atom stereocenters. The van der Waals surface area contributed by atoms with E-state index in [9.17, 15) is 14.7 Å². The molecule has 1 heterocycles. The van der Waals surface area contributed by atoms with Crippen LogP contribution in [0.2, 0.25) is 0 Å². The van der Waals surface area contributed by atoms with E-state index in [2.05, 4.69) is 10.3 Å². The highest BCUT2D eigenvalue weighted by molar-refractivity contribution is 5.85. The molecule has 0 aliphatic heterocycles. The Balaban J connectivity index is 2.01. The number of nitrogens with zero attached hydrogens (tertiary/aromatic N) is 1. The molecule has 108 valence electrons. The van der Waals surface area contributed by atoms with E-state index < -0.39 is 17.8 Å². The van der Waals surface area contributed by atoms with Crippen molar-refractivity contribution in [3.63, 3.8) is 0 Å². The summed E-state index contributed by atoms with van der Waals surface area (Å²) in [5, 5.41) is 12.1. The third-order valence-electron chi connectivity index (χ3n) is 3.96. The minimum Gasteiger partial charge on any atom is -0.481 e. The summed E-state index contributed by atoms with van der Waals surface area (Å²) in [6.45, 7) is 1.88. The molecule has 1 aliphatic rings. The van der Waals surface area contributed by atoms with Gasteiger partial charge in [-0.15, -0.1) is 0 Å². The number of carbonyl (C=O) groups excluding carboxylic acids is 1. The SMILES string of the molecule is C[C@H](NC(=O)C1CCCCC1C(=O)O)c1cccnc1. The van der Waals surface area contributed by atoms with E-state index >= 15 is 0 Å². The minimum absolute atomic E-state index is 0.159. The Morgan fingerprint density at radius 1 is 1.35 bits per heavy atom. The number of carboxylic acid groups (broad SMARTS) is 1. The summed E-state index contributed by atoms with van der Waals surface area (Å²) in [6.07, 6.45) is 6.44. The molecule has 1 aliphatic carbocycles. The molecular formula is C15H20N2O3. The van der Waals surface area contributed by atoms with Crippen LogP contribution >= 0.6 is 0 Å². The van der Waals surface area contributed by atoms with Crippen LogP contribution in [0.5, 0.6) is 0 Å². The summed E-state index contributed by atoms with van der Waals surface area (Å²) in [7, 11) is 0. The van der Waals surface area contributed by atoms with E-state index in [0.29, 0.717) is 12.8 Å². The first-order valence-electron chi connectivity index (χ1n) is 7.02. The highest BCUT2D eigenvalue weighted by Crippen LogP contribution is 2.31. The lowest BCUT2D eigenvalue weighted by Crippen LogP contribution is -2.40. The van der Waals surface area contributed by atoms with Gasteiger partial charge in [-0.25, -0.2) is 0 Å². The van der Waals surface area contributed by atoms with Crippen LogP contribution in [0.4, 0.5) is 0 Å². The zero-order valence-corrected chi connectivity index (χ0v) is 11.6. The van der Waals surface area contributed by atoms with Crippen molar-refractivity contribution in [3.8, 4) is 0 Å². The summed E-state index contributed by atoms with van der Waals surface area (Å²) in [5.74, 6) is -1.99. The lowest BCUT2D eigenvalue weighted by atomic mass is 9.78. The molecule has 0 radical (unpaired) electrons. The van der Waals surface area contributed by atoms with Gasteiger partial charge in [-0.05, 0) is 31.4 Å². The van der Waals surface area contributed by atoms with E-state index in [1.807, 2.05) is 19.1 Å². The summed E-state index contributed by atoms with van der Waals surface area (Å²) < 4.78 is 0. The fourth-order valence-electron chi connectivity index (χ4n) is 2.78. The van der Waals surface area contributed by atoms with E-state index in [4.69, 9.17) is 0 Å². The van der Waals surface area contributed by atoms with Gasteiger partial charge < -0.3 is 10.4 Å². The first kappa shape index (κ1) is 14.5. The number of aromatic nitrogens is 1. The maximum atomic E-state index is 12.3. The van der Waals surface area contributed by atoms with Crippen LogP contribution in [0, 0.1) is 11.8 Å². The van der Waals surface area contributed by atoms with Crippen LogP contribution in [0.15, 0.2) is 24.5 Å². The van der Waals surface area contributed by atoms with Gasteiger partial charge in [0.1, 0.15) is 0 Å². The van der Waals surface area contributed by atoms with Crippen LogP contribution < -0.4 is 5.32 Å². The molecule has 1 saturated carbocycles. The molecule has 1 aromatic rings. The molecule has 1 amide bonds. The van der Waals surface area contributed by atoms with Gasteiger partial charge in [0.15, 0.2) is 0 Å². The number of hydrogen-bond donors (Lipinski definition) is 2. The third-order valence-corrected chi connectivity index (χ3v) is 3.96. The fraction of sp³-hybridized carbons (Fsp3) is 0.533. The van der Waals surface area contributed by atoms with E-state index in [0.717, 1.165) is 18.4 Å². The second-order valence-corrected chi connectivity index (χ2v) is 5.35. The second kappa shape index (κ2) is 6.50. The molecule has 1 aromatic heterocycles. The molecule has 2 N–H and O–H groups in total. The third kappa shape index (κ3) is 3.35. The van der Waals surface area contributed by atoms with Gasteiger partial charge in [0.25, 0.3) is 0 Å². The number of pyridine rings is 1. The van der Waals surface area contributed by atoms with Gasteiger partial charge in [0.2, 0.25) is 5.91 Å². The maximum absolute atomic E-state index is 12.3. The van der Waals surface area contributed by atoms with E-state index in [-0.39, 0.29) is 11.9 Å². The first-order chi connectivity index (χ1) is 9.59. The number of rotatable bonds is 4. The minimum atomic E-state index is -0.862. The molecular weight excluding hydrogens is 256 g/mol. The number of nitrogens with one attached hydrogen (secondary N) is 1. The molecule has 0 bridgehead atoms. The van der Waals surface area contributed by atoms with Crippen molar-refractivity contribution in [2.45, 2.75) is 38.6 Å². The van der Waals surface area contributed by atoms with Crippen molar-refractivity contribution in [1.29, 1.82) is 0 Å². The Morgan fingerprint density at radius 3 is 2.65 bits per heavy atom. The first-order valence-corrected chi connectivity index (χ1v) is 7.02. The van der Waals surface area contributed by atoms with E-state index in [1.165, 1.54) is 0 Å². The average molecular weight is 276 g/mol. The molecule has 20 heavy (non-hydrogen) atoms. The predicted molar refractivity (Wildman–Crippen MR) is 73.9 cm³/mol. The number of aliphatic carboxylic acids is 1. The van der Waals surface area contributed by atoms with Crippen molar-refractivity contribution in [2.24, 2.45) is 11.8 Å². The van der Waals surface area contributed by atoms with Crippen LogP contribution in [0.25, 0.3) is 0 Å². The van der Waals surface area contributed by atoms with Gasteiger partial charge in [0.05, 0.1) is 17.9 Å². The lowest BCUT2D eigenvalue weighted by Gasteiger charge is -2.28. The molecule has 0 spiro atoms. The largest absolute Gasteiger partial charge is 0.481 e. The highest BCUT2D eigenvalue weighted by atomic mass is 16.4. The Kier molecular flexibility index (Phi) is 4.71. The van der Waals surface area contributed by atoms with Gasteiger partial charge in [0, 0.05) is 12.4 Å². The molecule has 0 aromatic carbocycles. The fourth-order valence-corrected chi connectivity index (χ4v) is 2.78. The van der Waals surface area contributed by atoms with Crippen molar-refractivity contribution < 1.29 is 14.7 Å². The molecule has 3 atom stereocenters. The van der Waals surface area contributed by atoms with Crippen molar-refractivity contribution in [2.75, 3.05) is 0 Å². The second-order valence-electron chi connectivity index (χ2n) is 5.35. The molecule has 1 fully saturated rings. The molecule has 0 saturated heterocycles. The van der Waals surface area contributed by atoms with Crippen LogP contribution in [0.3, 0.4) is 0 Å². The Bertz CT molecular complexity index is 475. The van der Waals surface area contributed by atoms with Gasteiger partial charge in [-0.1, -0.05) is 18.9 Å². The van der Waals surface area contributed by atoms with Crippen LogP contribution in [-0.2, 0) is 9.59 Å². The number of hydrogen-bond acceptors (Lipinski definition) is 3. The number of amides is 1.